The van der Waals surface area contributed by atoms with E-state index in [1.165, 1.54) is 12.8 Å². The van der Waals surface area contributed by atoms with Gasteiger partial charge in [0.1, 0.15) is 0 Å². The average Bonchev–Trinajstić information content (AvgIpc) is 2.25. The third kappa shape index (κ3) is 1.03. The van der Waals surface area contributed by atoms with E-state index in [2.05, 4.69) is 19.6 Å². The minimum Gasteiger partial charge on any atom is -0.381 e. The fraction of sp³-hybridized carbons (Fsp3) is 1.00. The van der Waals surface area contributed by atoms with Gasteiger partial charge in [0, 0.05) is 12.0 Å². The third-order valence-corrected chi connectivity index (χ3v) is 4.35. The Bertz CT molecular complexity index is 156. The fourth-order valence-electron chi connectivity index (χ4n) is 2.56. The second kappa shape index (κ2) is 2.67. The summed E-state index contributed by atoms with van der Waals surface area (Å²) in [6.45, 7) is 4.32. The summed E-state index contributed by atoms with van der Waals surface area (Å²) in [6.07, 6.45) is 2.70. The largest absolute Gasteiger partial charge is 0.381 e. The SMILES string of the molecule is CC1C2CCC1(CS)COC2. The lowest BCUT2D eigenvalue weighted by molar-refractivity contribution is -0.0323. The van der Waals surface area contributed by atoms with Crippen LogP contribution in [0, 0.1) is 17.3 Å². The smallest absolute Gasteiger partial charge is 0.0533 e. The molecule has 0 N–H and O–H groups in total. The highest BCUT2D eigenvalue weighted by Gasteiger charge is 2.47. The zero-order valence-electron chi connectivity index (χ0n) is 7.05. The maximum atomic E-state index is 5.57. The number of hydrogen-bond donors (Lipinski definition) is 1. The molecule has 1 aliphatic heterocycles. The van der Waals surface area contributed by atoms with Crippen LogP contribution in [0.3, 0.4) is 0 Å². The van der Waals surface area contributed by atoms with Crippen molar-refractivity contribution in [3.05, 3.63) is 0 Å². The molecule has 1 heterocycles. The summed E-state index contributed by atoms with van der Waals surface area (Å²) in [4.78, 5) is 0. The van der Waals surface area contributed by atoms with Gasteiger partial charge in [-0.3, -0.25) is 0 Å². The predicted octanol–water partition coefficient (Wildman–Crippen LogP) is 1.98. The van der Waals surface area contributed by atoms with E-state index < -0.39 is 0 Å². The lowest BCUT2D eigenvalue weighted by Gasteiger charge is -2.38. The minimum atomic E-state index is 0.437. The van der Waals surface area contributed by atoms with Crippen molar-refractivity contribution in [1.82, 2.24) is 0 Å². The van der Waals surface area contributed by atoms with Crippen LogP contribution < -0.4 is 0 Å². The highest BCUT2D eigenvalue weighted by Crippen LogP contribution is 2.50. The Morgan fingerprint density at radius 2 is 2.45 bits per heavy atom. The van der Waals surface area contributed by atoms with Crippen LogP contribution in [0.25, 0.3) is 0 Å². The number of thiol groups is 1. The topological polar surface area (TPSA) is 9.23 Å². The van der Waals surface area contributed by atoms with E-state index in [0.29, 0.717) is 5.41 Å². The summed E-state index contributed by atoms with van der Waals surface area (Å²) in [5, 5.41) is 0. The van der Waals surface area contributed by atoms with Crippen LogP contribution in [-0.2, 0) is 4.74 Å². The van der Waals surface area contributed by atoms with Crippen molar-refractivity contribution in [3.63, 3.8) is 0 Å². The van der Waals surface area contributed by atoms with Gasteiger partial charge < -0.3 is 4.74 Å². The third-order valence-electron chi connectivity index (χ3n) is 3.72. The van der Waals surface area contributed by atoms with Gasteiger partial charge >= 0.3 is 0 Å². The molecule has 0 aromatic heterocycles. The zero-order valence-corrected chi connectivity index (χ0v) is 7.94. The van der Waals surface area contributed by atoms with Crippen LogP contribution >= 0.6 is 12.6 Å². The van der Waals surface area contributed by atoms with Gasteiger partial charge in [-0.25, -0.2) is 0 Å². The average molecular weight is 172 g/mol. The van der Waals surface area contributed by atoms with Crippen LogP contribution in [0.4, 0.5) is 0 Å². The maximum absolute atomic E-state index is 5.57. The number of rotatable bonds is 1. The van der Waals surface area contributed by atoms with Crippen molar-refractivity contribution < 1.29 is 4.74 Å². The molecule has 1 aliphatic carbocycles. The summed E-state index contributed by atoms with van der Waals surface area (Å²) in [5.74, 6) is 2.68. The van der Waals surface area contributed by atoms with Crippen molar-refractivity contribution in [3.8, 4) is 0 Å². The van der Waals surface area contributed by atoms with Crippen LogP contribution in [0.5, 0.6) is 0 Å². The van der Waals surface area contributed by atoms with Gasteiger partial charge in [0.05, 0.1) is 6.61 Å². The molecule has 2 bridgehead atoms. The molecule has 3 atom stereocenters. The monoisotopic (exact) mass is 172 g/mol. The quantitative estimate of drug-likeness (QED) is 0.595. The van der Waals surface area contributed by atoms with Crippen molar-refractivity contribution in [2.75, 3.05) is 19.0 Å². The predicted molar refractivity (Wildman–Crippen MR) is 49.0 cm³/mol. The van der Waals surface area contributed by atoms with Gasteiger partial charge in [-0.1, -0.05) is 6.92 Å². The summed E-state index contributed by atoms with van der Waals surface area (Å²) in [5.41, 5.74) is 0.437. The molecule has 1 saturated carbocycles. The molecule has 2 aliphatic rings. The van der Waals surface area contributed by atoms with Crippen molar-refractivity contribution in [2.45, 2.75) is 19.8 Å². The zero-order chi connectivity index (χ0) is 7.90. The Morgan fingerprint density at radius 3 is 3.09 bits per heavy atom. The molecular formula is C9H16OS. The summed E-state index contributed by atoms with van der Waals surface area (Å²) in [7, 11) is 0. The molecule has 2 rings (SSSR count). The standard InChI is InChI=1S/C9H16OS/c1-7-8-2-3-9(7,6-11)5-10-4-8/h7-8,11H,2-6H2,1H3. The van der Waals surface area contributed by atoms with Gasteiger partial charge in [-0.05, 0) is 30.4 Å². The molecule has 11 heavy (non-hydrogen) atoms. The summed E-state index contributed by atoms with van der Waals surface area (Å²) < 4.78 is 5.57. The Labute approximate surface area is 73.9 Å². The molecule has 0 spiro atoms. The first-order chi connectivity index (χ1) is 5.28. The molecule has 1 saturated heterocycles. The first-order valence-electron chi connectivity index (χ1n) is 4.47. The van der Waals surface area contributed by atoms with Crippen LogP contribution in [0.1, 0.15) is 19.8 Å². The molecular weight excluding hydrogens is 156 g/mol. The molecule has 2 fully saturated rings. The lowest BCUT2D eigenvalue weighted by Crippen LogP contribution is -2.39. The lowest BCUT2D eigenvalue weighted by atomic mass is 9.77. The summed E-state index contributed by atoms with van der Waals surface area (Å²) >= 11 is 4.44. The van der Waals surface area contributed by atoms with Crippen LogP contribution in [0.2, 0.25) is 0 Å². The van der Waals surface area contributed by atoms with Gasteiger partial charge in [0.2, 0.25) is 0 Å². The van der Waals surface area contributed by atoms with Gasteiger partial charge in [-0.15, -0.1) is 0 Å². The number of ether oxygens (including phenoxy) is 1. The van der Waals surface area contributed by atoms with Crippen molar-refractivity contribution in [1.29, 1.82) is 0 Å². The molecule has 1 nitrogen and oxygen atoms in total. The van der Waals surface area contributed by atoms with Gasteiger partial charge in [-0.2, -0.15) is 12.6 Å². The highest BCUT2D eigenvalue weighted by atomic mass is 32.1. The first kappa shape index (κ1) is 7.93. The molecule has 0 aromatic rings. The Hall–Kier alpha value is 0.310. The normalized spacial score (nSPS) is 49.6. The Balaban J connectivity index is 2.19. The van der Waals surface area contributed by atoms with Crippen LogP contribution in [-0.4, -0.2) is 19.0 Å². The number of fused-ring (bicyclic) bond motifs is 2. The van der Waals surface area contributed by atoms with Gasteiger partial charge in [0.25, 0.3) is 0 Å². The van der Waals surface area contributed by atoms with E-state index in [1.807, 2.05) is 0 Å². The van der Waals surface area contributed by atoms with Crippen molar-refractivity contribution >= 4 is 12.6 Å². The van der Waals surface area contributed by atoms with E-state index >= 15 is 0 Å². The first-order valence-corrected chi connectivity index (χ1v) is 5.10. The minimum absolute atomic E-state index is 0.437. The van der Waals surface area contributed by atoms with E-state index in [0.717, 1.165) is 30.8 Å². The molecule has 0 amide bonds. The van der Waals surface area contributed by atoms with Gasteiger partial charge in [0.15, 0.2) is 0 Å². The summed E-state index contributed by atoms with van der Waals surface area (Å²) in [6, 6.07) is 0. The Kier molecular flexibility index (Phi) is 1.92. The molecule has 3 unspecified atom stereocenters. The number of hydrogen-bond acceptors (Lipinski definition) is 2. The van der Waals surface area contributed by atoms with E-state index in [9.17, 15) is 0 Å². The van der Waals surface area contributed by atoms with E-state index in [1.54, 1.807) is 0 Å². The molecule has 64 valence electrons. The highest BCUT2D eigenvalue weighted by molar-refractivity contribution is 7.80. The molecule has 2 heteroatoms. The fourth-order valence-corrected chi connectivity index (χ4v) is 3.10. The molecule has 0 radical (unpaired) electrons. The second-order valence-electron chi connectivity index (χ2n) is 4.12. The van der Waals surface area contributed by atoms with E-state index in [-0.39, 0.29) is 0 Å². The second-order valence-corrected chi connectivity index (χ2v) is 4.44. The maximum Gasteiger partial charge on any atom is 0.0533 e. The molecule has 0 aromatic carbocycles. The van der Waals surface area contributed by atoms with E-state index in [4.69, 9.17) is 4.74 Å². The van der Waals surface area contributed by atoms with Crippen molar-refractivity contribution in [2.24, 2.45) is 17.3 Å². The van der Waals surface area contributed by atoms with Crippen LogP contribution in [0.15, 0.2) is 0 Å². The Morgan fingerprint density at radius 1 is 1.64 bits per heavy atom.